The van der Waals surface area contributed by atoms with Crippen LogP contribution in [0.4, 0.5) is 0 Å². The van der Waals surface area contributed by atoms with Gasteiger partial charge in [-0.1, -0.05) is 12.1 Å². The first kappa shape index (κ1) is 19.7. The molecule has 0 aliphatic heterocycles. The van der Waals surface area contributed by atoms with Gasteiger partial charge in [-0.15, -0.1) is 11.8 Å². The summed E-state index contributed by atoms with van der Waals surface area (Å²) in [5.41, 5.74) is 1.62. The van der Waals surface area contributed by atoms with E-state index in [1.807, 2.05) is 30.5 Å². The first-order chi connectivity index (χ1) is 12.6. The minimum atomic E-state index is -0.434. The number of methoxy groups -OCH3 is 3. The molecule has 2 rings (SSSR count). The fraction of sp³-hybridized carbons (Fsp3) is 0.250. The van der Waals surface area contributed by atoms with Gasteiger partial charge in [0.15, 0.2) is 11.5 Å². The van der Waals surface area contributed by atoms with Crippen LogP contribution in [0.1, 0.15) is 11.1 Å². The van der Waals surface area contributed by atoms with Crippen molar-refractivity contribution in [3.05, 3.63) is 53.6 Å². The lowest BCUT2D eigenvalue weighted by atomic mass is 10.1. The van der Waals surface area contributed by atoms with Crippen LogP contribution in [-0.2, 0) is 16.1 Å². The zero-order valence-corrected chi connectivity index (χ0v) is 16.1. The van der Waals surface area contributed by atoms with E-state index < -0.39 is 5.97 Å². The summed E-state index contributed by atoms with van der Waals surface area (Å²) < 4.78 is 21.1. The molecule has 0 aromatic heterocycles. The van der Waals surface area contributed by atoms with Crippen molar-refractivity contribution >= 4 is 23.8 Å². The fourth-order valence-corrected chi connectivity index (χ4v) is 2.67. The highest BCUT2D eigenvalue weighted by molar-refractivity contribution is 7.98. The quantitative estimate of drug-likeness (QED) is 0.392. The van der Waals surface area contributed by atoms with Crippen LogP contribution < -0.4 is 14.2 Å². The van der Waals surface area contributed by atoms with Crippen molar-refractivity contribution < 1.29 is 23.7 Å². The van der Waals surface area contributed by atoms with Crippen molar-refractivity contribution in [1.29, 1.82) is 0 Å². The Labute approximate surface area is 157 Å². The monoisotopic (exact) mass is 374 g/mol. The Morgan fingerprint density at radius 3 is 2.15 bits per heavy atom. The number of hydrogen-bond acceptors (Lipinski definition) is 6. The van der Waals surface area contributed by atoms with Gasteiger partial charge in [0.2, 0.25) is 0 Å². The van der Waals surface area contributed by atoms with Crippen LogP contribution in [0.5, 0.6) is 17.2 Å². The van der Waals surface area contributed by atoms with E-state index in [-0.39, 0.29) is 6.61 Å². The molecule has 0 spiro atoms. The van der Waals surface area contributed by atoms with Crippen LogP contribution in [-0.4, -0.2) is 33.6 Å². The van der Waals surface area contributed by atoms with Gasteiger partial charge in [0.25, 0.3) is 0 Å². The Morgan fingerprint density at radius 1 is 0.962 bits per heavy atom. The molecule has 6 heteroatoms. The third-order valence-electron chi connectivity index (χ3n) is 3.68. The van der Waals surface area contributed by atoms with Gasteiger partial charge in [0, 0.05) is 22.6 Å². The molecule has 0 atom stereocenters. The van der Waals surface area contributed by atoms with Crippen molar-refractivity contribution in [1.82, 2.24) is 0 Å². The Balaban J connectivity index is 2.04. The summed E-state index contributed by atoms with van der Waals surface area (Å²) in [5, 5.41) is 0. The van der Waals surface area contributed by atoms with Crippen LogP contribution in [0.3, 0.4) is 0 Å². The van der Waals surface area contributed by atoms with Gasteiger partial charge in [-0.05, 0) is 36.1 Å². The lowest BCUT2D eigenvalue weighted by Crippen LogP contribution is -2.01. The van der Waals surface area contributed by atoms with E-state index in [0.29, 0.717) is 22.8 Å². The van der Waals surface area contributed by atoms with Crippen molar-refractivity contribution in [2.24, 2.45) is 0 Å². The molecular weight excluding hydrogens is 352 g/mol. The molecule has 26 heavy (non-hydrogen) atoms. The maximum atomic E-state index is 12.0. The number of ether oxygens (including phenoxy) is 4. The number of benzene rings is 2. The van der Waals surface area contributed by atoms with E-state index in [1.54, 1.807) is 51.3 Å². The Kier molecular flexibility index (Phi) is 7.41. The fourth-order valence-electron chi connectivity index (χ4n) is 2.27. The number of thioether (sulfide) groups is 1. The standard InChI is InChI=1S/C20H22O5S/c1-22-17-12-19(24-3)18(23-2)11-15(17)7-10-20(21)25-13-14-5-8-16(26-4)9-6-14/h5-12H,13H2,1-4H3/b10-7+. The largest absolute Gasteiger partial charge is 0.496 e. The molecule has 0 radical (unpaired) electrons. The van der Waals surface area contributed by atoms with E-state index >= 15 is 0 Å². The van der Waals surface area contributed by atoms with Crippen molar-refractivity contribution in [2.75, 3.05) is 27.6 Å². The maximum absolute atomic E-state index is 12.0. The van der Waals surface area contributed by atoms with Gasteiger partial charge in [0.05, 0.1) is 21.3 Å². The molecule has 0 N–H and O–H groups in total. The molecule has 2 aromatic rings. The van der Waals surface area contributed by atoms with E-state index in [9.17, 15) is 4.79 Å². The zero-order valence-electron chi connectivity index (χ0n) is 15.3. The molecule has 138 valence electrons. The van der Waals surface area contributed by atoms with Crippen LogP contribution >= 0.6 is 11.8 Å². The third-order valence-corrected chi connectivity index (χ3v) is 4.42. The van der Waals surface area contributed by atoms with Gasteiger partial charge in [-0.25, -0.2) is 4.79 Å². The summed E-state index contributed by atoms with van der Waals surface area (Å²) in [6.45, 7) is 0.223. The molecule has 5 nitrogen and oxygen atoms in total. The summed E-state index contributed by atoms with van der Waals surface area (Å²) in [5.74, 6) is 1.24. The van der Waals surface area contributed by atoms with Crippen molar-refractivity contribution in [3.8, 4) is 17.2 Å². The number of esters is 1. The third kappa shape index (κ3) is 5.20. The topological polar surface area (TPSA) is 54.0 Å². The van der Waals surface area contributed by atoms with E-state index in [0.717, 1.165) is 5.56 Å². The van der Waals surface area contributed by atoms with Crippen LogP contribution in [0.15, 0.2) is 47.4 Å². The normalized spacial score (nSPS) is 10.6. The molecule has 2 aromatic carbocycles. The number of hydrogen-bond donors (Lipinski definition) is 0. The summed E-state index contributed by atoms with van der Waals surface area (Å²) in [4.78, 5) is 13.1. The molecular formula is C20H22O5S. The van der Waals surface area contributed by atoms with Gasteiger partial charge in [0.1, 0.15) is 12.4 Å². The van der Waals surface area contributed by atoms with Crippen LogP contribution in [0.2, 0.25) is 0 Å². The zero-order chi connectivity index (χ0) is 18.9. The molecule has 0 amide bonds. The Bertz CT molecular complexity index is 769. The molecule has 0 heterocycles. The Hall–Kier alpha value is -2.60. The number of carbonyl (C=O) groups excluding carboxylic acids is 1. The lowest BCUT2D eigenvalue weighted by Gasteiger charge is -2.12. The lowest BCUT2D eigenvalue weighted by molar-refractivity contribution is -0.138. The van der Waals surface area contributed by atoms with Crippen molar-refractivity contribution in [3.63, 3.8) is 0 Å². The molecule has 0 bridgehead atoms. The average Bonchev–Trinajstić information content (AvgIpc) is 2.70. The first-order valence-electron chi connectivity index (χ1n) is 7.89. The highest BCUT2D eigenvalue weighted by atomic mass is 32.2. The second-order valence-corrected chi connectivity index (χ2v) is 6.12. The van der Waals surface area contributed by atoms with Gasteiger partial charge < -0.3 is 18.9 Å². The smallest absolute Gasteiger partial charge is 0.331 e. The predicted octanol–water partition coefficient (Wildman–Crippen LogP) is 4.19. The minimum Gasteiger partial charge on any atom is -0.496 e. The molecule has 0 unspecified atom stereocenters. The summed E-state index contributed by atoms with van der Waals surface area (Å²) in [6, 6.07) is 11.3. The molecule has 0 fully saturated rings. The van der Waals surface area contributed by atoms with E-state index in [4.69, 9.17) is 18.9 Å². The van der Waals surface area contributed by atoms with Gasteiger partial charge in [-0.3, -0.25) is 0 Å². The average molecular weight is 374 g/mol. The second-order valence-electron chi connectivity index (χ2n) is 5.24. The highest BCUT2D eigenvalue weighted by Crippen LogP contribution is 2.35. The predicted molar refractivity (Wildman–Crippen MR) is 103 cm³/mol. The van der Waals surface area contributed by atoms with Crippen molar-refractivity contribution in [2.45, 2.75) is 11.5 Å². The summed E-state index contributed by atoms with van der Waals surface area (Å²) in [7, 11) is 4.65. The number of carbonyl (C=O) groups is 1. The van der Waals surface area contributed by atoms with Crippen LogP contribution in [0, 0.1) is 0 Å². The highest BCUT2D eigenvalue weighted by Gasteiger charge is 2.10. The Morgan fingerprint density at radius 2 is 1.58 bits per heavy atom. The first-order valence-corrected chi connectivity index (χ1v) is 9.11. The van der Waals surface area contributed by atoms with E-state index in [2.05, 4.69) is 0 Å². The molecule has 0 aliphatic rings. The summed E-state index contributed by atoms with van der Waals surface area (Å²) in [6.07, 6.45) is 5.00. The summed E-state index contributed by atoms with van der Waals surface area (Å²) >= 11 is 1.67. The molecule has 0 aliphatic carbocycles. The van der Waals surface area contributed by atoms with Crippen LogP contribution in [0.25, 0.3) is 6.08 Å². The SMILES string of the molecule is COc1cc(OC)c(OC)cc1/C=C/C(=O)OCc1ccc(SC)cc1. The van der Waals surface area contributed by atoms with E-state index in [1.165, 1.54) is 11.0 Å². The number of rotatable bonds is 8. The minimum absolute atomic E-state index is 0.223. The molecule has 0 saturated carbocycles. The second kappa shape index (κ2) is 9.77. The van der Waals surface area contributed by atoms with Gasteiger partial charge in [-0.2, -0.15) is 0 Å². The van der Waals surface area contributed by atoms with Gasteiger partial charge >= 0.3 is 5.97 Å². The molecule has 0 saturated heterocycles. The maximum Gasteiger partial charge on any atom is 0.331 e.